The van der Waals surface area contributed by atoms with Crippen molar-refractivity contribution in [3.05, 3.63) is 58.6 Å². The van der Waals surface area contributed by atoms with Gasteiger partial charge < -0.3 is 14.6 Å². The van der Waals surface area contributed by atoms with Crippen molar-refractivity contribution in [2.24, 2.45) is 7.05 Å². The highest BCUT2D eigenvalue weighted by atomic mass is 32.2. The molecule has 0 spiro atoms. The average Bonchev–Trinajstić information content (AvgIpc) is 3.08. The molecule has 1 N–H and O–H groups in total. The molecule has 1 heterocycles. The summed E-state index contributed by atoms with van der Waals surface area (Å²) in [6, 6.07) is 13.5. The molecule has 29 heavy (non-hydrogen) atoms. The van der Waals surface area contributed by atoms with Crippen LogP contribution in [-0.4, -0.2) is 38.0 Å². The maximum atomic E-state index is 12.2. The molecule has 0 atom stereocenters. The number of nitro groups is 1. The predicted molar refractivity (Wildman–Crippen MR) is 110 cm³/mol. The third-order valence-corrected chi connectivity index (χ3v) is 4.99. The van der Waals surface area contributed by atoms with Crippen molar-refractivity contribution in [2.45, 2.75) is 12.1 Å². The molecular formula is C19H19N5O4S. The van der Waals surface area contributed by atoms with E-state index in [2.05, 4.69) is 15.5 Å². The number of hydrogen-bond acceptors (Lipinski definition) is 7. The van der Waals surface area contributed by atoms with Gasteiger partial charge in [-0.3, -0.25) is 14.9 Å². The molecule has 0 aliphatic carbocycles. The van der Waals surface area contributed by atoms with Crippen molar-refractivity contribution in [2.75, 3.05) is 17.7 Å². The molecule has 0 fully saturated rings. The quantitative estimate of drug-likeness (QED) is 0.341. The number of thioether (sulfide) groups is 1. The van der Waals surface area contributed by atoms with Crippen LogP contribution in [0, 0.1) is 10.1 Å². The number of carbonyl (C=O) groups excluding carboxylic acids is 1. The van der Waals surface area contributed by atoms with Crippen molar-refractivity contribution in [1.29, 1.82) is 0 Å². The Bertz CT molecular complexity index is 1020. The minimum absolute atomic E-state index is 0.0430. The van der Waals surface area contributed by atoms with Gasteiger partial charge in [-0.25, -0.2) is 0 Å². The Balaban J connectivity index is 1.65. The van der Waals surface area contributed by atoms with Crippen molar-refractivity contribution >= 4 is 29.0 Å². The van der Waals surface area contributed by atoms with Gasteiger partial charge in [-0.1, -0.05) is 23.9 Å². The van der Waals surface area contributed by atoms with Crippen molar-refractivity contribution in [3.8, 4) is 17.1 Å². The number of benzene rings is 2. The van der Waals surface area contributed by atoms with E-state index in [4.69, 9.17) is 4.74 Å². The van der Waals surface area contributed by atoms with Gasteiger partial charge in [0, 0.05) is 18.7 Å². The van der Waals surface area contributed by atoms with Crippen LogP contribution in [0.4, 0.5) is 11.4 Å². The molecule has 0 unspecified atom stereocenters. The molecule has 0 aliphatic heterocycles. The molecule has 2 aromatic carbocycles. The maximum absolute atomic E-state index is 12.2. The summed E-state index contributed by atoms with van der Waals surface area (Å²) < 4.78 is 7.23. The second kappa shape index (κ2) is 9.20. The van der Waals surface area contributed by atoms with Gasteiger partial charge in [0.1, 0.15) is 11.4 Å². The lowest BCUT2D eigenvalue weighted by Crippen LogP contribution is -2.15. The summed E-state index contributed by atoms with van der Waals surface area (Å²) in [6.45, 7) is 2.52. The van der Waals surface area contributed by atoms with Gasteiger partial charge >= 0.3 is 0 Å². The summed E-state index contributed by atoms with van der Waals surface area (Å²) in [5.41, 5.74) is 0.887. The Kier molecular flexibility index (Phi) is 6.45. The zero-order valence-electron chi connectivity index (χ0n) is 15.9. The molecule has 3 aromatic rings. The topological polar surface area (TPSA) is 112 Å². The number of hydrogen-bond donors (Lipinski definition) is 1. The minimum Gasteiger partial charge on any atom is -0.494 e. The van der Waals surface area contributed by atoms with E-state index in [1.165, 1.54) is 23.9 Å². The SMILES string of the molecule is CCOc1ccc(-c2nnc(SCC(=O)Nc3ccccc3[N+](=O)[O-])n2C)cc1. The Morgan fingerprint density at radius 1 is 1.21 bits per heavy atom. The highest BCUT2D eigenvalue weighted by Gasteiger charge is 2.17. The number of aromatic nitrogens is 3. The Morgan fingerprint density at radius 2 is 1.93 bits per heavy atom. The van der Waals surface area contributed by atoms with Crippen LogP contribution < -0.4 is 10.1 Å². The molecule has 9 nitrogen and oxygen atoms in total. The summed E-state index contributed by atoms with van der Waals surface area (Å²) in [5, 5.41) is 22.5. The molecular weight excluding hydrogens is 394 g/mol. The molecule has 0 radical (unpaired) electrons. The molecule has 0 saturated heterocycles. The standard InChI is InChI=1S/C19H19N5O4S/c1-3-28-14-10-8-13(9-11-14)18-21-22-19(23(18)2)29-12-17(25)20-15-6-4-5-7-16(15)24(26)27/h4-11H,3,12H2,1-2H3,(H,20,25). The number of amides is 1. The highest BCUT2D eigenvalue weighted by Crippen LogP contribution is 2.26. The number of nitrogens with one attached hydrogen (secondary N) is 1. The Hall–Kier alpha value is -3.40. The van der Waals surface area contributed by atoms with Crippen LogP contribution in [0.1, 0.15) is 6.92 Å². The number of rotatable bonds is 8. The minimum atomic E-state index is -0.533. The van der Waals surface area contributed by atoms with Crippen molar-refractivity contribution in [3.63, 3.8) is 0 Å². The van der Waals surface area contributed by atoms with Gasteiger partial charge in [0.15, 0.2) is 11.0 Å². The van der Waals surface area contributed by atoms with Crippen molar-refractivity contribution in [1.82, 2.24) is 14.8 Å². The average molecular weight is 413 g/mol. The molecule has 1 aromatic heterocycles. The van der Waals surface area contributed by atoms with Crippen LogP contribution in [-0.2, 0) is 11.8 Å². The molecule has 0 aliphatic rings. The summed E-state index contributed by atoms with van der Waals surface area (Å²) in [5.74, 6) is 1.12. The van der Waals surface area contributed by atoms with Gasteiger partial charge in [0.2, 0.25) is 5.91 Å². The lowest BCUT2D eigenvalue weighted by atomic mass is 10.2. The second-order valence-corrected chi connectivity index (χ2v) is 6.88. The van der Waals surface area contributed by atoms with Crippen LogP contribution in [0.3, 0.4) is 0 Å². The third-order valence-electron chi connectivity index (χ3n) is 3.97. The van der Waals surface area contributed by atoms with E-state index in [1.54, 1.807) is 16.7 Å². The first-order chi connectivity index (χ1) is 14.0. The van der Waals surface area contributed by atoms with E-state index in [9.17, 15) is 14.9 Å². The zero-order chi connectivity index (χ0) is 20.8. The molecule has 150 valence electrons. The number of carbonyl (C=O) groups is 1. The first-order valence-electron chi connectivity index (χ1n) is 8.78. The summed E-state index contributed by atoms with van der Waals surface area (Å²) in [6.07, 6.45) is 0. The fraction of sp³-hybridized carbons (Fsp3) is 0.211. The smallest absolute Gasteiger partial charge is 0.292 e. The highest BCUT2D eigenvalue weighted by molar-refractivity contribution is 7.99. The molecule has 1 amide bonds. The number of ether oxygens (including phenoxy) is 1. The van der Waals surface area contributed by atoms with E-state index >= 15 is 0 Å². The monoisotopic (exact) mass is 413 g/mol. The van der Waals surface area contributed by atoms with E-state index < -0.39 is 4.92 Å². The fourth-order valence-corrected chi connectivity index (χ4v) is 3.32. The summed E-state index contributed by atoms with van der Waals surface area (Å²) >= 11 is 1.20. The fourth-order valence-electron chi connectivity index (χ4n) is 2.61. The zero-order valence-corrected chi connectivity index (χ0v) is 16.7. The van der Waals surface area contributed by atoms with E-state index in [-0.39, 0.29) is 23.0 Å². The van der Waals surface area contributed by atoms with E-state index in [1.807, 2.05) is 38.2 Å². The molecule has 0 saturated carbocycles. The number of nitro benzene ring substituents is 1. The van der Waals surface area contributed by atoms with Crippen LogP contribution in [0.2, 0.25) is 0 Å². The molecule has 10 heteroatoms. The Labute approximate surface area is 171 Å². The van der Waals surface area contributed by atoms with Crippen LogP contribution in [0.15, 0.2) is 53.7 Å². The predicted octanol–water partition coefficient (Wildman–Crippen LogP) is 3.52. The maximum Gasteiger partial charge on any atom is 0.292 e. The summed E-state index contributed by atoms with van der Waals surface area (Å²) in [4.78, 5) is 22.7. The van der Waals surface area contributed by atoms with Gasteiger partial charge in [-0.15, -0.1) is 10.2 Å². The summed E-state index contributed by atoms with van der Waals surface area (Å²) in [7, 11) is 1.81. The lowest BCUT2D eigenvalue weighted by molar-refractivity contribution is -0.383. The van der Waals surface area contributed by atoms with Crippen LogP contribution >= 0.6 is 11.8 Å². The van der Waals surface area contributed by atoms with Gasteiger partial charge in [0.05, 0.1) is 17.3 Å². The van der Waals surface area contributed by atoms with Gasteiger partial charge in [0.25, 0.3) is 5.69 Å². The van der Waals surface area contributed by atoms with Crippen LogP contribution in [0.5, 0.6) is 5.75 Å². The molecule has 0 bridgehead atoms. The first kappa shape index (κ1) is 20.3. The number of anilines is 1. The normalized spacial score (nSPS) is 10.6. The van der Waals surface area contributed by atoms with E-state index in [0.717, 1.165) is 11.3 Å². The largest absolute Gasteiger partial charge is 0.494 e. The number of nitrogens with zero attached hydrogens (tertiary/aromatic N) is 4. The molecule has 3 rings (SSSR count). The van der Waals surface area contributed by atoms with Crippen molar-refractivity contribution < 1.29 is 14.5 Å². The van der Waals surface area contributed by atoms with E-state index in [0.29, 0.717) is 17.6 Å². The number of para-hydroxylation sites is 2. The van der Waals surface area contributed by atoms with Gasteiger partial charge in [-0.05, 0) is 37.3 Å². The van der Waals surface area contributed by atoms with Gasteiger partial charge in [-0.2, -0.15) is 0 Å². The first-order valence-corrected chi connectivity index (χ1v) is 9.77. The third kappa shape index (κ3) is 4.91. The Morgan fingerprint density at radius 3 is 2.62 bits per heavy atom. The van der Waals surface area contributed by atoms with Crippen LogP contribution in [0.25, 0.3) is 11.4 Å². The lowest BCUT2D eigenvalue weighted by Gasteiger charge is -2.07. The second-order valence-electron chi connectivity index (χ2n) is 5.93.